The first-order chi connectivity index (χ1) is 11.3. The highest BCUT2D eigenvalue weighted by Gasteiger charge is 2.46. The predicted octanol–water partition coefficient (Wildman–Crippen LogP) is 1.72. The van der Waals surface area contributed by atoms with Gasteiger partial charge in [-0.25, -0.2) is 8.42 Å². The highest BCUT2D eigenvalue weighted by molar-refractivity contribution is 7.90. The summed E-state index contributed by atoms with van der Waals surface area (Å²) >= 11 is 0. The first-order valence-electron chi connectivity index (χ1n) is 8.61. The van der Waals surface area contributed by atoms with E-state index in [2.05, 4.69) is 17.3 Å². The minimum absolute atomic E-state index is 0.107. The molecule has 1 N–H and O–H groups in total. The van der Waals surface area contributed by atoms with Gasteiger partial charge in [-0.2, -0.15) is 0 Å². The lowest BCUT2D eigenvalue weighted by atomic mass is 9.63. The minimum atomic E-state index is -3.21. The van der Waals surface area contributed by atoms with Gasteiger partial charge in [-0.05, 0) is 63.5 Å². The van der Waals surface area contributed by atoms with Gasteiger partial charge in [0.25, 0.3) is 0 Å². The number of carbonyl (C=O) groups excluding carboxylic acids is 1. The van der Waals surface area contributed by atoms with Gasteiger partial charge >= 0.3 is 0 Å². The number of amides is 1. The molecule has 1 amide bonds. The zero-order chi connectivity index (χ0) is 17.4. The zero-order valence-corrected chi connectivity index (χ0v) is 15.2. The molecule has 3 rings (SSSR count). The van der Waals surface area contributed by atoms with Gasteiger partial charge in [0.2, 0.25) is 5.91 Å². The van der Waals surface area contributed by atoms with Crippen LogP contribution < -0.4 is 5.32 Å². The van der Waals surface area contributed by atoms with Crippen LogP contribution >= 0.6 is 0 Å². The second-order valence-electron chi connectivity index (χ2n) is 7.28. The molecule has 132 valence electrons. The van der Waals surface area contributed by atoms with Crippen molar-refractivity contribution in [2.75, 3.05) is 26.4 Å². The fraction of sp³-hybridized carbons (Fsp3) is 0.611. The largest absolute Gasteiger partial charge is 0.353 e. The molecule has 0 aromatic heterocycles. The van der Waals surface area contributed by atoms with Gasteiger partial charge < -0.3 is 10.2 Å². The topological polar surface area (TPSA) is 66.5 Å². The van der Waals surface area contributed by atoms with Gasteiger partial charge in [-0.1, -0.05) is 18.6 Å². The van der Waals surface area contributed by atoms with E-state index in [0.717, 1.165) is 50.8 Å². The Hall–Kier alpha value is -1.40. The Morgan fingerprint density at radius 3 is 2.21 bits per heavy atom. The molecule has 5 nitrogen and oxygen atoms in total. The van der Waals surface area contributed by atoms with E-state index < -0.39 is 15.3 Å². The summed E-state index contributed by atoms with van der Waals surface area (Å²) in [4.78, 5) is 15.5. The van der Waals surface area contributed by atoms with Crippen molar-refractivity contribution in [3.63, 3.8) is 0 Å². The molecular weight excluding hydrogens is 324 g/mol. The van der Waals surface area contributed by atoms with Crippen molar-refractivity contribution in [2.24, 2.45) is 0 Å². The maximum Gasteiger partial charge on any atom is 0.230 e. The average molecular weight is 350 g/mol. The van der Waals surface area contributed by atoms with Crippen molar-refractivity contribution < 1.29 is 13.2 Å². The monoisotopic (exact) mass is 350 g/mol. The molecule has 0 unspecified atom stereocenters. The van der Waals surface area contributed by atoms with Gasteiger partial charge in [0.1, 0.15) is 0 Å². The van der Waals surface area contributed by atoms with Crippen LogP contribution in [0.5, 0.6) is 0 Å². The summed E-state index contributed by atoms with van der Waals surface area (Å²) in [6.45, 7) is 2.03. The molecule has 2 aliphatic rings. The number of nitrogens with one attached hydrogen (secondary N) is 1. The molecule has 2 fully saturated rings. The summed E-state index contributed by atoms with van der Waals surface area (Å²) in [5, 5.41) is 3.24. The molecule has 24 heavy (non-hydrogen) atoms. The summed E-state index contributed by atoms with van der Waals surface area (Å²) in [5.74, 6) is 0.107. The van der Waals surface area contributed by atoms with Crippen molar-refractivity contribution in [3.8, 4) is 0 Å². The van der Waals surface area contributed by atoms with Crippen molar-refractivity contribution in [3.05, 3.63) is 29.8 Å². The fourth-order valence-electron chi connectivity index (χ4n) is 3.67. The van der Waals surface area contributed by atoms with Crippen LogP contribution in [0.1, 0.15) is 37.7 Å². The van der Waals surface area contributed by atoms with E-state index in [1.807, 2.05) is 12.1 Å². The Morgan fingerprint density at radius 1 is 1.17 bits per heavy atom. The van der Waals surface area contributed by atoms with Crippen LogP contribution in [0.4, 0.5) is 0 Å². The maximum absolute atomic E-state index is 12.9. The molecule has 0 atom stereocenters. The highest BCUT2D eigenvalue weighted by atomic mass is 32.2. The molecule has 0 radical (unpaired) electrons. The van der Waals surface area contributed by atoms with Crippen LogP contribution in [-0.2, 0) is 20.0 Å². The molecule has 1 aromatic rings. The van der Waals surface area contributed by atoms with Crippen LogP contribution in [0.3, 0.4) is 0 Å². The molecule has 1 aromatic carbocycles. The summed E-state index contributed by atoms with van der Waals surface area (Å²) in [6.07, 6.45) is 5.90. The molecule has 6 heteroatoms. The van der Waals surface area contributed by atoms with Crippen LogP contribution in [-0.4, -0.2) is 51.7 Å². The summed E-state index contributed by atoms with van der Waals surface area (Å²) < 4.78 is 23.2. The van der Waals surface area contributed by atoms with Gasteiger partial charge in [-0.15, -0.1) is 0 Å². The lowest BCUT2D eigenvalue weighted by Gasteiger charge is -2.42. The van der Waals surface area contributed by atoms with Gasteiger partial charge in [-0.3, -0.25) is 4.79 Å². The quantitative estimate of drug-likeness (QED) is 0.898. The summed E-state index contributed by atoms with van der Waals surface area (Å²) in [7, 11) is -1.10. The summed E-state index contributed by atoms with van der Waals surface area (Å²) in [5.41, 5.74) is 0.464. The minimum Gasteiger partial charge on any atom is -0.353 e. The first-order valence-corrected chi connectivity index (χ1v) is 10.5. The number of hydrogen-bond acceptors (Lipinski definition) is 4. The molecule has 0 bridgehead atoms. The first kappa shape index (κ1) is 17.4. The maximum atomic E-state index is 12.9. The summed E-state index contributed by atoms with van der Waals surface area (Å²) in [6, 6.07) is 7.11. The Kier molecular flexibility index (Phi) is 4.71. The van der Waals surface area contributed by atoms with Crippen molar-refractivity contribution in [1.29, 1.82) is 0 Å². The van der Waals surface area contributed by atoms with Gasteiger partial charge in [0.15, 0.2) is 9.84 Å². The van der Waals surface area contributed by atoms with Crippen LogP contribution in [0, 0.1) is 0 Å². The number of piperidine rings is 1. The lowest BCUT2D eigenvalue weighted by Crippen LogP contribution is -2.53. The highest BCUT2D eigenvalue weighted by Crippen LogP contribution is 2.44. The van der Waals surface area contributed by atoms with E-state index in [4.69, 9.17) is 0 Å². The Bertz CT molecular complexity index is 700. The number of nitrogens with zero attached hydrogens (tertiary/aromatic N) is 1. The Balaban J connectivity index is 1.75. The van der Waals surface area contributed by atoms with E-state index in [9.17, 15) is 13.2 Å². The normalized spacial score (nSPS) is 21.9. The smallest absolute Gasteiger partial charge is 0.230 e. The Labute approximate surface area is 144 Å². The zero-order valence-electron chi connectivity index (χ0n) is 14.4. The van der Waals surface area contributed by atoms with Gasteiger partial charge in [0, 0.05) is 12.3 Å². The van der Waals surface area contributed by atoms with E-state index in [0.29, 0.717) is 4.90 Å². The molecule has 1 heterocycles. The lowest BCUT2D eigenvalue weighted by molar-refractivity contribution is -0.131. The van der Waals surface area contributed by atoms with Crippen LogP contribution in [0.25, 0.3) is 0 Å². The second kappa shape index (κ2) is 6.48. The number of carbonyl (C=O) groups is 1. The third-order valence-electron chi connectivity index (χ3n) is 5.53. The number of rotatable bonds is 4. The van der Waals surface area contributed by atoms with E-state index in [1.165, 1.54) is 6.26 Å². The van der Waals surface area contributed by atoms with E-state index in [-0.39, 0.29) is 11.9 Å². The number of likely N-dealkylation sites (tertiary alicyclic amines) is 1. The standard InChI is InChI=1S/C18H26N2O3S/c1-20-12-8-15(9-13-20)19-17(21)18(10-3-11-18)14-4-6-16(7-5-14)24(2,22)23/h4-7,15H,3,8-13H2,1-2H3,(H,19,21). The van der Waals surface area contributed by atoms with Crippen LogP contribution in [0.15, 0.2) is 29.2 Å². The third kappa shape index (κ3) is 3.35. The average Bonchev–Trinajstić information content (AvgIpc) is 2.48. The van der Waals surface area contributed by atoms with E-state index >= 15 is 0 Å². The number of benzene rings is 1. The number of hydrogen-bond donors (Lipinski definition) is 1. The molecule has 0 spiro atoms. The predicted molar refractivity (Wildman–Crippen MR) is 93.7 cm³/mol. The van der Waals surface area contributed by atoms with Crippen molar-refractivity contribution >= 4 is 15.7 Å². The number of sulfone groups is 1. The van der Waals surface area contributed by atoms with Gasteiger partial charge in [0.05, 0.1) is 10.3 Å². The van der Waals surface area contributed by atoms with Crippen molar-refractivity contribution in [1.82, 2.24) is 10.2 Å². The molecule has 1 aliphatic carbocycles. The SMILES string of the molecule is CN1CCC(NC(=O)C2(c3ccc(S(C)(=O)=O)cc3)CCC2)CC1. The molecule has 1 aliphatic heterocycles. The third-order valence-corrected chi connectivity index (χ3v) is 6.66. The fourth-order valence-corrected chi connectivity index (χ4v) is 4.31. The van der Waals surface area contributed by atoms with Crippen LogP contribution in [0.2, 0.25) is 0 Å². The molecular formula is C18H26N2O3S. The molecule has 1 saturated heterocycles. The second-order valence-corrected chi connectivity index (χ2v) is 9.30. The Morgan fingerprint density at radius 2 is 1.75 bits per heavy atom. The van der Waals surface area contributed by atoms with Crippen molar-refractivity contribution in [2.45, 2.75) is 48.5 Å². The van der Waals surface area contributed by atoms with E-state index in [1.54, 1.807) is 12.1 Å². The molecule has 1 saturated carbocycles.